The molecule has 2 heterocycles. The van der Waals surface area contributed by atoms with Crippen molar-refractivity contribution in [3.05, 3.63) is 29.6 Å². The molecular weight excluding hydrogens is 315 g/mol. The largest absolute Gasteiger partial charge is 0.497 e. The van der Waals surface area contributed by atoms with Crippen molar-refractivity contribution < 1.29 is 9.13 Å². The van der Waals surface area contributed by atoms with Crippen LogP contribution < -0.4 is 4.74 Å². The van der Waals surface area contributed by atoms with Crippen LogP contribution in [0.5, 0.6) is 5.75 Å². The summed E-state index contributed by atoms with van der Waals surface area (Å²) in [6.45, 7) is 5.43. The molecule has 3 aliphatic rings. The molecule has 0 N–H and O–H groups in total. The number of benzene rings is 1. The quantitative estimate of drug-likeness (QED) is 0.817. The van der Waals surface area contributed by atoms with Crippen LogP contribution in [0.25, 0.3) is 0 Å². The van der Waals surface area contributed by atoms with E-state index >= 15 is 0 Å². The Morgan fingerprint density at radius 3 is 2.76 bits per heavy atom. The van der Waals surface area contributed by atoms with Gasteiger partial charge < -0.3 is 4.74 Å². The minimum Gasteiger partial charge on any atom is -0.497 e. The first-order chi connectivity index (χ1) is 12.2. The van der Waals surface area contributed by atoms with Gasteiger partial charge in [-0.3, -0.25) is 9.80 Å². The molecule has 4 heteroatoms. The maximum absolute atomic E-state index is 14.2. The van der Waals surface area contributed by atoms with Gasteiger partial charge in [0.25, 0.3) is 0 Å². The van der Waals surface area contributed by atoms with Crippen LogP contribution in [0.15, 0.2) is 18.2 Å². The Morgan fingerprint density at radius 1 is 1.12 bits per heavy atom. The van der Waals surface area contributed by atoms with Crippen LogP contribution in [0.3, 0.4) is 0 Å². The third-order valence-electron chi connectivity index (χ3n) is 6.70. The van der Waals surface area contributed by atoms with Gasteiger partial charge in [-0.15, -0.1) is 0 Å². The van der Waals surface area contributed by atoms with E-state index in [1.807, 2.05) is 6.07 Å². The Bertz CT molecular complexity index is 602. The zero-order valence-electron chi connectivity index (χ0n) is 15.5. The number of hydrogen-bond donors (Lipinski definition) is 0. The maximum atomic E-state index is 14.2. The second kappa shape index (κ2) is 7.24. The van der Waals surface area contributed by atoms with Gasteiger partial charge in [-0.1, -0.05) is 12.8 Å². The molecule has 0 bridgehead atoms. The molecule has 3 fully saturated rings. The van der Waals surface area contributed by atoms with Gasteiger partial charge >= 0.3 is 0 Å². The second-order valence-corrected chi connectivity index (χ2v) is 8.43. The number of likely N-dealkylation sites (tertiary alicyclic amines) is 2. The van der Waals surface area contributed by atoms with E-state index in [0.717, 1.165) is 30.4 Å². The lowest BCUT2D eigenvalue weighted by Gasteiger charge is -2.41. The topological polar surface area (TPSA) is 15.7 Å². The van der Waals surface area contributed by atoms with Crippen LogP contribution in [0.2, 0.25) is 0 Å². The Balaban J connectivity index is 1.41. The van der Waals surface area contributed by atoms with Crippen LogP contribution in [0, 0.1) is 11.2 Å². The smallest absolute Gasteiger partial charge is 0.127 e. The van der Waals surface area contributed by atoms with E-state index in [2.05, 4.69) is 9.80 Å². The summed E-state index contributed by atoms with van der Waals surface area (Å²) in [7, 11) is 1.64. The van der Waals surface area contributed by atoms with Crippen LogP contribution >= 0.6 is 0 Å². The number of ether oxygens (including phenoxy) is 1. The summed E-state index contributed by atoms with van der Waals surface area (Å²) < 4.78 is 19.5. The van der Waals surface area contributed by atoms with Gasteiger partial charge in [-0.25, -0.2) is 4.39 Å². The molecule has 1 aromatic rings. The number of piperidine rings is 1. The van der Waals surface area contributed by atoms with Gasteiger partial charge in [0.1, 0.15) is 11.6 Å². The average Bonchev–Trinajstić information content (AvgIpc) is 3.27. The van der Waals surface area contributed by atoms with Gasteiger partial charge in [-0.2, -0.15) is 0 Å². The molecule has 1 aromatic carbocycles. The van der Waals surface area contributed by atoms with E-state index in [4.69, 9.17) is 4.74 Å². The SMILES string of the molecule is COc1ccc(F)c(CN2CCCC3(CCN(C4CCCC4)C3)C2)c1. The van der Waals surface area contributed by atoms with Crippen molar-refractivity contribution in [1.29, 1.82) is 0 Å². The van der Waals surface area contributed by atoms with Crippen LogP contribution in [-0.2, 0) is 6.54 Å². The lowest BCUT2D eigenvalue weighted by Crippen LogP contribution is -2.45. The highest BCUT2D eigenvalue weighted by atomic mass is 19.1. The molecular formula is C21H31FN2O. The zero-order chi connectivity index (χ0) is 17.3. The first-order valence-corrected chi connectivity index (χ1v) is 9.96. The first kappa shape index (κ1) is 17.3. The molecule has 0 amide bonds. The lowest BCUT2D eigenvalue weighted by molar-refractivity contribution is 0.0810. The molecule has 1 saturated carbocycles. The van der Waals surface area contributed by atoms with Crippen LogP contribution in [0.1, 0.15) is 50.5 Å². The Morgan fingerprint density at radius 2 is 1.96 bits per heavy atom. The summed E-state index contributed by atoms with van der Waals surface area (Å²) in [4.78, 5) is 5.24. The highest BCUT2D eigenvalue weighted by molar-refractivity contribution is 5.29. The van der Waals surface area contributed by atoms with Gasteiger partial charge in [0, 0.05) is 31.2 Å². The van der Waals surface area contributed by atoms with Gasteiger partial charge in [0.2, 0.25) is 0 Å². The van der Waals surface area contributed by atoms with Crippen molar-refractivity contribution in [1.82, 2.24) is 9.80 Å². The molecule has 3 nitrogen and oxygen atoms in total. The van der Waals surface area contributed by atoms with E-state index in [9.17, 15) is 4.39 Å². The monoisotopic (exact) mass is 346 g/mol. The number of hydrogen-bond acceptors (Lipinski definition) is 3. The Labute approximate surface area is 151 Å². The highest BCUT2D eigenvalue weighted by Gasteiger charge is 2.43. The molecule has 1 spiro atoms. The molecule has 1 aliphatic carbocycles. The predicted molar refractivity (Wildman–Crippen MR) is 98.3 cm³/mol. The molecule has 138 valence electrons. The highest BCUT2D eigenvalue weighted by Crippen LogP contribution is 2.42. The summed E-state index contributed by atoms with van der Waals surface area (Å²) in [5, 5.41) is 0. The van der Waals surface area contributed by atoms with Crippen molar-refractivity contribution in [3.8, 4) is 5.75 Å². The van der Waals surface area contributed by atoms with E-state index in [1.165, 1.54) is 64.1 Å². The third kappa shape index (κ3) is 3.70. The molecule has 1 atom stereocenters. The summed E-state index contributed by atoms with van der Waals surface area (Å²) in [5.74, 6) is 0.635. The van der Waals surface area contributed by atoms with Crippen molar-refractivity contribution in [3.63, 3.8) is 0 Å². The molecule has 2 aliphatic heterocycles. The fourth-order valence-corrected chi connectivity index (χ4v) is 5.37. The summed E-state index contributed by atoms with van der Waals surface area (Å²) >= 11 is 0. The van der Waals surface area contributed by atoms with Crippen LogP contribution in [-0.4, -0.2) is 49.1 Å². The van der Waals surface area contributed by atoms with Crippen molar-refractivity contribution in [2.24, 2.45) is 5.41 Å². The molecule has 0 radical (unpaired) electrons. The Kier molecular flexibility index (Phi) is 5.01. The van der Waals surface area contributed by atoms with E-state index in [1.54, 1.807) is 13.2 Å². The molecule has 0 aromatic heterocycles. The van der Waals surface area contributed by atoms with Crippen molar-refractivity contribution >= 4 is 0 Å². The van der Waals surface area contributed by atoms with Gasteiger partial charge in [0.05, 0.1) is 7.11 Å². The number of rotatable bonds is 4. The second-order valence-electron chi connectivity index (χ2n) is 8.43. The standard InChI is InChI=1S/C21H31FN2O/c1-25-19-7-8-20(22)17(13-19)14-23-11-4-9-21(15-23)10-12-24(16-21)18-5-2-3-6-18/h7-8,13,18H,2-6,9-12,14-16H2,1H3. The number of methoxy groups -OCH3 is 1. The molecule has 1 unspecified atom stereocenters. The normalized spacial score (nSPS) is 28.9. The summed E-state index contributed by atoms with van der Waals surface area (Å²) in [6.07, 6.45) is 9.52. The Hall–Kier alpha value is -1.13. The van der Waals surface area contributed by atoms with Crippen LogP contribution in [0.4, 0.5) is 4.39 Å². The molecule has 25 heavy (non-hydrogen) atoms. The molecule has 2 saturated heterocycles. The number of halogens is 1. The summed E-state index contributed by atoms with van der Waals surface area (Å²) in [6, 6.07) is 5.93. The van der Waals surface area contributed by atoms with E-state index in [0.29, 0.717) is 12.0 Å². The van der Waals surface area contributed by atoms with E-state index in [-0.39, 0.29) is 5.82 Å². The first-order valence-electron chi connectivity index (χ1n) is 9.96. The lowest BCUT2D eigenvalue weighted by atomic mass is 9.79. The molecule has 4 rings (SSSR count). The number of nitrogens with zero attached hydrogens (tertiary/aromatic N) is 2. The third-order valence-corrected chi connectivity index (χ3v) is 6.70. The maximum Gasteiger partial charge on any atom is 0.127 e. The summed E-state index contributed by atoms with van der Waals surface area (Å²) in [5.41, 5.74) is 1.21. The zero-order valence-corrected chi connectivity index (χ0v) is 15.5. The van der Waals surface area contributed by atoms with Crippen molar-refractivity contribution in [2.75, 3.05) is 33.3 Å². The minimum atomic E-state index is -0.112. The predicted octanol–water partition coefficient (Wildman–Crippen LogP) is 4.06. The van der Waals surface area contributed by atoms with Gasteiger partial charge in [-0.05, 0) is 68.8 Å². The fraction of sp³-hybridized carbons (Fsp3) is 0.714. The minimum absolute atomic E-state index is 0.112. The van der Waals surface area contributed by atoms with Crippen molar-refractivity contribution in [2.45, 2.75) is 57.5 Å². The fourth-order valence-electron chi connectivity index (χ4n) is 5.37. The van der Waals surface area contributed by atoms with E-state index < -0.39 is 0 Å². The average molecular weight is 346 g/mol. The van der Waals surface area contributed by atoms with Gasteiger partial charge in [0.15, 0.2) is 0 Å².